The van der Waals surface area contributed by atoms with Gasteiger partial charge in [-0.3, -0.25) is 0 Å². The minimum atomic E-state index is 0.348. The molecule has 0 amide bonds. The lowest BCUT2D eigenvalue weighted by molar-refractivity contribution is 0.215. The number of nitrogens with one attached hydrogen (secondary N) is 1. The number of imidazole rings is 1. The van der Waals surface area contributed by atoms with Crippen LogP contribution in [0.2, 0.25) is 0 Å². The standard InChI is InChI=1S/C14H25N3/c1-10-5-6-13(9-11(10)2)16-12(3)14-15-7-8-17(14)4/h7-8,10-13,16H,5-6,9H2,1-4H3. The fourth-order valence-corrected chi connectivity index (χ4v) is 2.92. The van der Waals surface area contributed by atoms with Crippen molar-refractivity contribution in [2.75, 3.05) is 0 Å². The van der Waals surface area contributed by atoms with E-state index in [4.69, 9.17) is 0 Å². The highest BCUT2D eigenvalue weighted by atomic mass is 15.1. The third kappa shape index (κ3) is 2.89. The number of hydrogen-bond donors (Lipinski definition) is 1. The van der Waals surface area contributed by atoms with Crippen LogP contribution in [0.15, 0.2) is 12.4 Å². The molecule has 0 radical (unpaired) electrons. The van der Waals surface area contributed by atoms with Gasteiger partial charge in [-0.2, -0.15) is 0 Å². The summed E-state index contributed by atoms with van der Waals surface area (Å²) in [5, 5.41) is 3.73. The molecule has 1 fully saturated rings. The number of aryl methyl sites for hydroxylation is 1. The minimum Gasteiger partial charge on any atom is -0.337 e. The van der Waals surface area contributed by atoms with Crippen LogP contribution in [0.25, 0.3) is 0 Å². The monoisotopic (exact) mass is 235 g/mol. The Kier molecular flexibility index (Phi) is 3.87. The first kappa shape index (κ1) is 12.6. The maximum atomic E-state index is 4.42. The van der Waals surface area contributed by atoms with Gasteiger partial charge in [0.25, 0.3) is 0 Å². The lowest BCUT2D eigenvalue weighted by Crippen LogP contribution is -2.38. The van der Waals surface area contributed by atoms with Crippen molar-refractivity contribution in [2.24, 2.45) is 18.9 Å². The Morgan fingerprint density at radius 1 is 1.35 bits per heavy atom. The van der Waals surface area contributed by atoms with E-state index in [0.717, 1.165) is 17.7 Å². The summed E-state index contributed by atoms with van der Waals surface area (Å²) >= 11 is 0. The summed E-state index contributed by atoms with van der Waals surface area (Å²) in [6, 6.07) is 1.01. The second-order valence-electron chi connectivity index (χ2n) is 5.75. The highest BCUT2D eigenvalue weighted by molar-refractivity contribution is 4.98. The van der Waals surface area contributed by atoms with Gasteiger partial charge in [0.1, 0.15) is 5.82 Å². The van der Waals surface area contributed by atoms with Crippen LogP contribution in [0.3, 0.4) is 0 Å². The van der Waals surface area contributed by atoms with Gasteiger partial charge in [-0.1, -0.05) is 13.8 Å². The maximum Gasteiger partial charge on any atom is 0.125 e. The largest absolute Gasteiger partial charge is 0.337 e. The van der Waals surface area contributed by atoms with Crippen LogP contribution >= 0.6 is 0 Å². The predicted molar refractivity (Wildman–Crippen MR) is 70.7 cm³/mol. The molecule has 1 aromatic rings. The van der Waals surface area contributed by atoms with Crippen LogP contribution in [-0.2, 0) is 7.05 Å². The van der Waals surface area contributed by atoms with Gasteiger partial charge in [0.2, 0.25) is 0 Å². The Morgan fingerprint density at radius 2 is 2.12 bits per heavy atom. The lowest BCUT2D eigenvalue weighted by Gasteiger charge is -2.34. The zero-order valence-electron chi connectivity index (χ0n) is 11.5. The number of nitrogens with zero attached hydrogens (tertiary/aromatic N) is 2. The van der Waals surface area contributed by atoms with Crippen molar-refractivity contribution in [2.45, 2.75) is 52.1 Å². The Morgan fingerprint density at radius 3 is 2.71 bits per heavy atom. The van der Waals surface area contributed by atoms with E-state index in [-0.39, 0.29) is 0 Å². The molecule has 3 nitrogen and oxygen atoms in total. The molecule has 1 saturated carbocycles. The molecule has 1 heterocycles. The molecule has 2 rings (SSSR count). The first-order valence-corrected chi connectivity index (χ1v) is 6.81. The molecule has 0 bridgehead atoms. The molecule has 1 aromatic heterocycles. The smallest absolute Gasteiger partial charge is 0.125 e. The molecule has 1 aliphatic carbocycles. The molecule has 1 N–H and O–H groups in total. The second kappa shape index (κ2) is 5.21. The average Bonchev–Trinajstić information content (AvgIpc) is 2.70. The number of hydrogen-bond acceptors (Lipinski definition) is 2. The number of aromatic nitrogens is 2. The van der Waals surface area contributed by atoms with Crippen LogP contribution in [0, 0.1) is 11.8 Å². The second-order valence-corrected chi connectivity index (χ2v) is 5.75. The summed E-state index contributed by atoms with van der Waals surface area (Å²) < 4.78 is 2.10. The van der Waals surface area contributed by atoms with Crippen LogP contribution in [-0.4, -0.2) is 15.6 Å². The summed E-state index contributed by atoms with van der Waals surface area (Å²) in [6.07, 6.45) is 7.85. The van der Waals surface area contributed by atoms with E-state index in [0.29, 0.717) is 12.1 Å². The van der Waals surface area contributed by atoms with Gasteiger partial charge in [0.05, 0.1) is 6.04 Å². The Balaban J connectivity index is 1.91. The third-order valence-corrected chi connectivity index (χ3v) is 4.33. The third-order valence-electron chi connectivity index (χ3n) is 4.33. The van der Waals surface area contributed by atoms with Gasteiger partial charge in [-0.15, -0.1) is 0 Å². The molecule has 0 saturated heterocycles. The maximum absolute atomic E-state index is 4.42. The van der Waals surface area contributed by atoms with Gasteiger partial charge >= 0.3 is 0 Å². The van der Waals surface area contributed by atoms with Crippen molar-refractivity contribution in [3.8, 4) is 0 Å². The fraction of sp³-hybridized carbons (Fsp3) is 0.786. The summed E-state index contributed by atoms with van der Waals surface area (Å²) in [5.74, 6) is 2.86. The van der Waals surface area contributed by atoms with Crippen molar-refractivity contribution in [3.63, 3.8) is 0 Å². The fourth-order valence-electron chi connectivity index (χ4n) is 2.92. The first-order chi connectivity index (χ1) is 8.08. The highest BCUT2D eigenvalue weighted by Crippen LogP contribution is 2.30. The van der Waals surface area contributed by atoms with Gasteiger partial charge in [0, 0.05) is 25.5 Å². The minimum absolute atomic E-state index is 0.348. The molecule has 0 aromatic carbocycles. The van der Waals surface area contributed by atoms with Crippen molar-refractivity contribution in [1.82, 2.24) is 14.9 Å². The van der Waals surface area contributed by atoms with Crippen LogP contribution in [0.4, 0.5) is 0 Å². The summed E-state index contributed by atoms with van der Waals surface area (Å²) in [5.41, 5.74) is 0. The van der Waals surface area contributed by atoms with Crippen LogP contribution in [0.5, 0.6) is 0 Å². The van der Waals surface area contributed by atoms with E-state index in [1.807, 2.05) is 12.4 Å². The predicted octanol–water partition coefficient (Wildman–Crippen LogP) is 2.90. The van der Waals surface area contributed by atoms with E-state index in [2.05, 4.69) is 42.7 Å². The molecule has 4 unspecified atom stereocenters. The molecule has 17 heavy (non-hydrogen) atoms. The molecular formula is C14H25N3. The average molecular weight is 235 g/mol. The Hall–Kier alpha value is -0.830. The van der Waals surface area contributed by atoms with E-state index >= 15 is 0 Å². The SMILES string of the molecule is CC(NC1CCC(C)C(C)C1)c1nccn1C. The van der Waals surface area contributed by atoms with E-state index in [1.54, 1.807) is 0 Å². The zero-order chi connectivity index (χ0) is 12.4. The van der Waals surface area contributed by atoms with Crippen molar-refractivity contribution >= 4 is 0 Å². The van der Waals surface area contributed by atoms with Gasteiger partial charge < -0.3 is 9.88 Å². The lowest BCUT2D eigenvalue weighted by atomic mass is 9.79. The molecule has 96 valence electrons. The van der Waals surface area contributed by atoms with E-state index in [9.17, 15) is 0 Å². The van der Waals surface area contributed by atoms with E-state index < -0.39 is 0 Å². The zero-order valence-corrected chi connectivity index (χ0v) is 11.5. The van der Waals surface area contributed by atoms with Gasteiger partial charge in [-0.25, -0.2) is 4.98 Å². The van der Waals surface area contributed by atoms with Crippen molar-refractivity contribution in [3.05, 3.63) is 18.2 Å². The molecule has 4 atom stereocenters. The summed E-state index contributed by atoms with van der Waals surface area (Å²) in [7, 11) is 2.06. The molecule has 3 heteroatoms. The van der Waals surface area contributed by atoms with Crippen LogP contribution in [0.1, 0.15) is 51.9 Å². The van der Waals surface area contributed by atoms with Crippen molar-refractivity contribution < 1.29 is 0 Å². The van der Waals surface area contributed by atoms with Crippen molar-refractivity contribution in [1.29, 1.82) is 0 Å². The molecule has 0 aliphatic heterocycles. The summed E-state index contributed by atoms with van der Waals surface area (Å²) in [6.45, 7) is 6.97. The quantitative estimate of drug-likeness (QED) is 0.873. The van der Waals surface area contributed by atoms with Gasteiger partial charge in [0.15, 0.2) is 0 Å². The molecule has 1 aliphatic rings. The summed E-state index contributed by atoms with van der Waals surface area (Å²) in [4.78, 5) is 4.42. The van der Waals surface area contributed by atoms with Crippen LogP contribution < -0.4 is 5.32 Å². The first-order valence-electron chi connectivity index (χ1n) is 6.81. The Labute approximate surface area is 105 Å². The Bertz CT molecular complexity index is 358. The number of rotatable bonds is 3. The van der Waals surface area contributed by atoms with E-state index in [1.165, 1.54) is 19.3 Å². The van der Waals surface area contributed by atoms with Gasteiger partial charge in [-0.05, 0) is 38.0 Å². The highest BCUT2D eigenvalue weighted by Gasteiger charge is 2.26. The normalized spacial score (nSPS) is 31.4. The molecule has 0 spiro atoms. The topological polar surface area (TPSA) is 29.9 Å². The molecular weight excluding hydrogens is 210 g/mol.